The van der Waals surface area contributed by atoms with Crippen LogP contribution in [0.5, 0.6) is 5.75 Å². The number of rotatable bonds is 2. The van der Waals surface area contributed by atoms with Crippen molar-refractivity contribution in [3.63, 3.8) is 0 Å². The minimum Gasteiger partial charge on any atom is -0.494 e. The van der Waals surface area contributed by atoms with E-state index in [1.54, 1.807) is 0 Å². The Balaban J connectivity index is 2.75. The Morgan fingerprint density at radius 2 is 2.30 bits per heavy atom. The van der Waals surface area contributed by atoms with Crippen LogP contribution >= 0.6 is 22.6 Å². The second-order valence-corrected chi connectivity index (χ2v) is 3.05. The summed E-state index contributed by atoms with van der Waals surface area (Å²) < 4.78 is 6.35. The van der Waals surface area contributed by atoms with Crippen molar-refractivity contribution in [3.05, 3.63) is 34.8 Å². The molecule has 53 valence electrons. The third-order valence-electron chi connectivity index (χ3n) is 1.06. The molecule has 10 heavy (non-hydrogen) atoms. The molecule has 0 aliphatic rings. The molecule has 0 N–H and O–H groups in total. The Morgan fingerprint density at radius 1 is 1.50 bits per heavy atom. The summed E-state index contributed by atoms with van der Waals surface area (Å²) in [6.45, 7) is 4.07. The van der Waals surface area contributed by atoms with Crippen molar-refractivity contribution in [2.75, 3.05) is 6.61 Å². The SMILES string of the molecule is [CH2]COc1cccc(I)c1. The van der Waals surface area contributed by atoms with Gasteiger partial charge in [-0.3, -0.25) is 0 Å². The maximum atomic E-state index is 5.17. The Hall–Kier alpha value is -0.250. The highest BCUT2D eigenvalue weighted by Crippen LogP contribution is 2.14. The highest BCUT2D eigenvalue weighted by Gasteiger charge is 1.90. The standard InChI is InChI=1S/C8H8IO/c1-2-10-8-5-3-4-7(9)6-8/h3-6H,1-2H2. The van der Waals surface area contributed by atoms with Crippen LogP contribution in [-0.4, -0.2) is 6.61 Å². The summed E-state index contributed by atoms with van der Waals surface area (Å²) in [6.07, 6.45) is 0. The summed E-state index contributed by atoms with van der Waals surface area (Å²) in [4.78, 5) is 0. The minimum atomic E-state index is 0.486. The minimum absolute atomic E-state index is 0.486. The van der Waals surface area contributed by atoms with Gasteiger partial charge >= 0.3 is 0 Å². The van der Waals surface area contributed by atoms with E-state index >= 15 is 0 Å². The molecule has 0 unspecified atom stereocenters. The van der Waals surface area contributed by atoms with Gasteiger partial charge < -0.3 is 4.74 Å². The molecule has 1 aromatic carbocycles. The summed E-state index contributed by atoms with van der Waals surface area (Å²) in [5.41, 5.74) is 0. The summed E-state index contributed by atoms with van der Waals surface area (Å²) >= 11 is 2.24. The van der Waals surface area contributed by atoms with Gasteiger partial charge in [0, 0.05) is 3.57 Å². The molecule has 0 fully saturated rings. The number of benzene rings is 1. The lowest BCUT2D eigenvalue weighted by atomic mass is 10.3. The topological polar surface area (TPSA) is 9.23 Å². The van der Waals surface area contributed by atoms with E-state index in [1.165, 1.54) is 3.57 Å². The lowest BCUT2D eigenvalue weighted by Gasteiger charge is -2.01. The molecule has 1 nitrogen and oxygen atoms in total. The van der Waals surface area contributed by atoms with Gasteiger partial charge in [0.05, 0.1) is 6.61 Å². The van der Waals surface area contributed by atoms with Crippen molar-refractivity contribution in [1.29, 1.82) is 0 Å². The largest absolute Gasteiger partial charge is 0.494 e. The van der Waals surface area contributed by atoms with Gasteiger partial charge in [-0.25, -0.2) is 0 Å². The van der Waals surface area contributed by atoms with E-state index in [0.717, 1.165) is 5.75 Å². The van der Waals surface area contributed by atoms with Crippen LogP contribution in [0.1, 0.15) is 0 Å². The molecule has 0 amide bonds. The molecule has 0 aliphatic carbocycles. The summed E-state index contributed by atoms with van der Waals surface area (Å²) in [6, 6.07) is 7.89. The van der Waals surface area contributed by atoms with Crippen LogP contribution in [0.4, 0.5) is 0 Å². The highest BCUT2D eigenvalue weighted by atomic mass is 127. The average molecular weight is 247 g/mol. The van der Waals surface area contributed by atoms with Gasteiger partial charge in [-0.15, -0.1) is 0 Å². The van der Waals surface area contributed by atoms with Crippen LogP contribution in [0.3, 0.4) is 0 Å². The maximum absolute atomic E-state index is 5.17. The molecule has 0 atom stereocenters. The molecule has 0 aromatic heterocycles. The first-order valence-corrected chi connectivity index (χ1v) is 4.08. The van der Waals surface area contributed by atoms with E-state index in [-0.39, 0.29) is 0 Å². The van der Waals surface area contributed by atoms with E-state index < -0.39 is 0 Å². The Kier molecular flexibility index (Phi) is 2.99. The number of hydrogen-bond acceptors (Lipinski definition) is 1. The molecule has 2 heteroatoms. The monoisotopic (exact) mass is 247 g/mol. The van der Waals surface area contributed by atoms with Gasteiger partial charge in [0.15, 0.2) is 0 Å². The third-order valence-corrected chi connectivity index (χ3v) is 1.74. The maximum Gasteiger partial charge on any atom is 0.120 e. The molecule has 1 rings (SSSR count). The lowest BCUT2D eigenvalue weighted by molar-refractivity contribution is 0.361. The predicted molar refractivity (Wildman–Crippen MR) is 50.0 cm³/mol. The second-order valence-electron chi connectivity index (χ2n) is 1.81. The van der Waals surface area contributed by atoms with Crippen molar-refractivity contribution >= 4 is 22.6 Å². The van der Waals surface area contributed by atoms with E-state index in [4.69, 9.17) is 4.74 Å². The predicted octanol–water partition coefficient (Wildman–Crippen LogP) is 2.50. The van der Waals surface area contributed by atoms with Crippen molar-refractivity contribution in [2.45, 2.75) is 0 Å². The molecule has 1 aromatic rings. The van der Waals surface area contributed by atoms with Crippen LogP contribution in [-0.2, 0) is 0 Å². The fourth-order valence-corrected chi connectivity index (χ4v) is 1.19. The Morgan fingerprint density at radius 3 is 2.90 bits per heavy atom. The first-order valence-electron chi connectivity index (χ1n) is 3.00. The zero-order chi connectivity index (χ0) is 7.40. The van der Waals surface area contributed by atoms with Gasteiger partial charge in [0.25, 0.3) is 0 Å². The third kappa shape index (κ3) is 2.17. The smallest absolute Gasteiger partial charge is 0.120 e. The van der Waals surface area contributed by atoms with Gasteiger partial charge in [0.1, 0.15) is 5.75 Å². The summed E-state index contributed by atoms with van der Waals surface area (Å²) in [7, 11) is 0. The molecule has 0 saturated heterocycles. The van der Waals surface area contributed by atoms with Crippen LogP contribution < -0.4 is 4.74 Å². The zero-order valence-corrected chi connectivity index (χ0v) is 7.67. The molecular formula is C8H8IO. The molecule has 0 heterocycles. The Labute approximate surface area is 74.5 Å². The second kappa shape index (κ2) is 3.81. The first-order chi connectivity index (χ1) is 4.83. The van der Waals surface area contributed by atoms with Crippen LogP contribution in [0.25, 0.3) is 0 Å². The zero-order valence-electron chi connectivity index (χ0n) is 5.51. The summed E-state index contributed by atoms with van der Waals surface area (Å²) in [5.74, 6) is 0.891. The Bertz CT molecular complexity index is 210. The molecular weight excluding hydrogens is 239 g/mol. The van der Waals surface area contributed by atoms with Crippen LogP contribution in [0.2, 0.25) is 0 Å². The molecule has 0 aliphatic heterocycles. The average Bonchev–Trinajstić information content (AvgIpc) is 1.88. The number of hydrogen-bond donors (Lipinski definition) is 0. The van der Waals surface area contributed by atoms with Gasteiger partial charge in [-0.2, -0.15) is 0 Å². The fourth-order valence-electron chi connectivity index (χ4n) is 0.675. The highest BCUT2D eigenvalue weighted by molar-refractivity contribution is 14.1. The van der Waals surface area contributed by atoms with Crippen molar-refractivity contribution in [3.8, 4) is 5.75 Å². The van der Waals surface area contributed by atoms with Crippen LogP contribution in [0.15, 0.2) is 24.3 Å². The van der Waals surface area contributed by atoms with E-state index in [9.17, 15) is 0 Å². The first kappa shape index (κ1) is 7.85. The van der Waals surface area contributed by atoms with Crippen LogP contribution in [0, 0.1) is 10.5 Å². The lowest BCUT2D eigenvalue weighted by Crippen LogP contribution is -1.90. The normalized spacial score (nSPS) is 9.40. The number of halogens is 1. The van der Waals surface area contributed by atoms with Crippen molar-refractivity contribution in [1.82, 2.24) is 0 Å². The van der Waals surface area contributed by atoms with E-state index in [2.05, 4.69) is 29.5 Å². The van der Waals surface area contributed by atoms with Crippen molar-refractivity contribution in [2.24, 2.45) is 0 Å². The molecule has 0 saturated carbocycles. The molecule has 1 radical (unpaired) electrons. The fraction of sp³-hybridized carbons (Fsp3) is 0.125. The number of ether oxygens (including phenoxy) is 1. The quantitative estimate of drug-likeness (QED) is 0.729. The molecule has 0 bridgehead atoms. The van der Waals surface area contributed by atoms with E-state index in [1.807, 2.05) is 24.3 Å². The van der Waals surface area contributed by atoms with Gasteiger partial charge in [-0.05, 0) is 47.7 Å². The van der Waals surface area contributed by atoms with Gasteiger partial charge in [-0.1, -0.05) is 6.07 Å². The van der Waals surface area contributed by atoms with E-state index in [0.29, 0.717) is 6.61 Å². The molecule has 0 spiro atoms. The van der Waals surface area contributed by atoms with Crippen molar-refractivity contribution < 1.29 is 4.74 Å². The van der Waals surface area contributed by atoms with Gasteiger partial charge in [0.2, 0.25) is 0 Å². The summed E-state index contributed by atoms with van der Waals surface area (Å²) in [5, 5.41) is 0.